The summed E-state index contributed by atoms with van der Waals surface area (Å²) in [7, 11) is 0. The topological polar surface area (TPSA) is 92.2 Å². The molecule has 1 amide bonds. The molecule has 0 radical (unpaired) electrons. The summed E-state index contributed by atoms with van der Waals surface area (Å²) >= 11 is 0. The number of halogens is 1. The SMILES string of the molecule is CC[C@H](NC(=O)Cc1c(C)nc2nc(C)[nH]n2c1=O)c1ccc(F)cc1. The first-order chi connectivity index (χ1) is 12.4. The Morgan fingerprint density at radius 1 is 1.27 bits per heavy atom. The molecule has 0 aliphatic heterocycles. The number of aromatic nitrogens is 4. The molecule has 1 aromatic carbocycles. The van der Waals surface area contributed by atoms with Crippen LogP contribution in [0.15, 0.2) is 29.1 Å². The van der Waals surface area contributed by atoms with Gasteiger partial charge in [-0.2, -0.15) is 9.50 Å². The van der Waals surface area contributed by atoms with Gasteiger partial charge in [-0.15, -0.1) is 0 Å². The predicted octanol–water partition coefficient (Wildman–Crippen LogP) is 1.98. The van der Waals surface area contributed by atoms with Crippen LogP contribution in [0.2, 0.25) is 0 Å². The van der Waals surface area contributed by atoms with Crippen LogP contribution in [-0.2, 0) is 11.2 Å². The van der Waals surface area contributed by atoms with Crippen LogP contribution in [0.25, 0.3) is 5.78 Å². The number of fused-ring (bicyclic) bond motifs is 1. The lowest BCUT2D eigenvalue weighted by Gasteiger charge is -2.17. The summed E-state index contributed by atoms with van der Waals surface area (Å²) in [4.78, 5) is 33.5. The number of nitrogens with one attached hydrogen (secondary N) is 2. The van der Waals surface area contributed by atoms with Crippen molar-refractivity contribution in [2.45, 2.75) is 39.7 Å². The maximum Gasteiger partial charge on any atom is 0.277 e. The van der Waals surface area contributed by atoms with Crippen molar-refractivity contribution in [3.05, 3.63) is 63.1 Å². The molecule has 26 heavy (non-hydrogen) atoms. The van der Waals surface area contributed by atoms with E-state index < -0.39 is 0 Å². The van der Waals surface area contributed by atoms with Gasteiger partial charge in [0.2, 0.25) is 5.91 Å². The maximum atomic E-state index is 13.1. The smallest absolute Gasteiger partial charge is 0.277 e. The molecule has 0 unspecified atom stereocenters. The molecule has 0 bridgehead atoms. The maximum absolute atomic E-state index is 13.1. The van der Waals surface area contributed by atoms with Crippen LogP contribution < -0.4 is 10.9 Å². The second-order valence-electron chi connectivity index (χ2n) is 6.18. The number of hydrogen-bond acceptors (Lipinski definition) is 4. The van der Waals surface area contributed by atoms with E-state index in [1.54, 1.807) is 26.0 Å². The summed E-state index contributed by atoms with van der Waals surface area (Å²) < 4.78 is 14.3. The van der Waals surface area contributed by atoms with Crippen LogP contribution in [0, 0.1) is 19.7 Å². The number of aromatic amines is 1. The summed E-state index contributed by atoms with van der Waals surface area (Å²) in [5.41, 5.74) is 1.27. The van der Waals surface area contributed by atoms with E-state index in [0.717, 1.165) is 5.56 Å². The van der Waals surface area contributed by atoms with Crippen molar-refractivity contribution in [3.63, 3.8) is 0 Å². The first kappa shape index (κ1) is 17.8. The average Bonchev–Trinajstić information content (AvgIpc) is 2.98. The average molecular weight is 357 g/mol. The Labute approximate surface area is 149 Å². The zero-order valence-electron chi connectivity index (χ0n) is 14.8. The van der Waals surface area contributed by atoms with Crippen molar-refractivity contribution in [2.24, 2.45) is 0 Å². The Bertz CT molecular complexity index is 1010. The Hall–Kier alpha value is -3.03. The summed E-state index contributed by atoms with van der Waals surface area (Å²) in [6.07, 6.45) is 0.558. The van der Waals surface area contributed by atoms with Crippen molar-refractivity contribution in [3.8, 4) is 0 Å². The molecule has 7 nitrogen and oxygen atoms in total. The van der Waals surface area contributed by atoms with Crippen LogP contribution in [-0.4, -0.2) is 25.5 Å². The Morgan fingerprint density at radius 2 is 1.96 bits per heavy atom. The number of carbonyl (C=O) groups excluding carboxylic acids is 1. The van der Waals surface area contributed by atoms with Crippen LogP contribution in [0.5, 0.6) is 0 Å². The number of H-pyrrole nitrogens is 1. The van der Waals surface area contributed by atoms with E-state index in [-0.39, 0.29) is 35.5 Å². The minimum Gasteiger partial charge on any atom is -0.349 e. The van der Waals surface area contributed by atoms with Crippen LogP contribution in [0.4, 0.5) is 4.39 Å². The lowest BCUT2D eigenvalue weighted by Crippen LogP contribution is -2.33. The third-order valence-electron chi connectivity index (χ3n) is 4.26. The number of nitrogens with zero attached hydrogens (tertiary/aromatic N) is 3. The van der Waals surface area contributed by atoms with Gasteiger partial charge in [-0.3, -0.25) is 14.7 Å². The van der Waals surface area contributed by atoms with Gasteiger partial charge < -0.3 is 5.32 Å². The molecule has 2 heterocycles. The Morgan fingerprint density at radius 3 is 2.62 bits per heavy atom. The number of aryl methyl sites for hydroxylation is 2. The van der Waals surface area contributed by atoms with Crippen LogP contribution >= 0.6 is 0 Å². The molecular weight excluding hydrogens is 337 g/mol. The highest BCUT2D eigenvalue weighted by Gasteiger charge is 2.18. The predicted molar refractivity (Wildman–Crippen MR) is 94.4 cm³/mol. The Balaban J connectivity index is 1.82. The summed E-state index contributed by atoms with van der Waals surface area (Å²) in [6, 6.07) is 5.76. The van der Waals surface area contributed by atoms with Crippen LogP contribution in [0.1, 0.15) is 42.0 Å². The van der Waals surface area contributed by atoms with Gasteiger partial charge in [-0.05, 0) is 38.0 Å². The van der Waals surface area contributed by atoms with E-state index in [0.29, 0.717) is 23.5 Å². The zero-order valence-corrected chi connectivity index (χ0v) is 14.8. The van der Waals surface area contributed by atoms with E-state index >= 15 is 0 Å². The molecule has 136 valence electrons. The fourth-order valence-electron chi connectivity index (χ4n) is 2.89. The molecule has 3 aromatic rings. The molecule has 8 heteroatoms. The molecule has 2 aromatic heterocycles. The standard InChI is InChI=1S/C18H20FN5O2/c1-4-15(12-5-7-13(19)8-6-12)22-16(25)9-14-10(2)20-18-21-11(3)23-24(18)17(14)26/h5-8,15H,4,9H2,1-3H3,(H,22,25)(H,20,21,23)/t15-/m0/s1. The minimum absolute atomic E-state index is 0.0869. The molecule has 0 aliphatic carbocycles. The van der Waals surface area contributed by atoms with Gasteiger partial charge in [0.1, 0.15) is 11.6 Å². The second-order valence-corrected chi connectivity index (χ2v) is 6.18. The van der Waals surface area contributed by atoms with Crippen molar-refractivity contribution >= 4 is 11.7 Å². The first-order valence-corrected chi connectivity index (χ1v) is 8.38. The van der Waals surface area contributed by atoms with E-state index in [1.165, 1.54) is 16.6 Å². The molecule has 3 rings (SSSR count). The molecule has 0 aliphatic rings. The molecule has 1 atom stereocenters. The third-order valence-corrected chi connectivity index (χ3v) is 4.26. The highest BCUT2D eigenvalue weighted by atomic mass is 19.1. The number of benzene rings is 1. The number of rotatable bonds is 5. The lowest BCUT2D eigenvalue weighted by molar-refractivity contribution is -0.121. The van der Waals surface area contributed by atoms with Gasteiger partial charge in [-0.25, -0.2) is 9.37 Å². The molecular formula is C18H20FN5O2. The summed E-state index contributed by atoms with van der Waals surface area (Å²) in [5.74, 6) is 0.233. The van der Waals surface area contributed by atoms with E-state index in [2.05, 4.69) is 20.4 Å². The highest BCUT2D eigenvalue weighted by Crippen LogP contribution is 2.17. The number of amides is 1. The number of hydrogen-bond donors (Lipinski definition) is 2. The van der Waals surface area contributed by atoms with Crippen LogP contribution in [0.3, 0.4) is 0 Å². The van der Waals surface area contributed by atoms with E-state index in [1.807, 2.05) is 6.92 Å². The molecule has 2 N–H and O–H groups in total. The molecule has 0 fully saturated rings. The fraction of sp³-hybridized carbons (Fsp3) is 0.333. The van der Waals surface area contributed by atoms with Crippen molar-refractivity contribution in [1.29, 1.82) is 0 Å². The van der Waals surface area contributed by atoms with Crippen molar-refractivity contribution in [2.75, 3.05) is 0 Å². The first-order valence-electron chi connectivity index (χ1n) is 8.38. The lowest BCUT2D eigenvalue weighted by atomic mass is 10.0. The quantitative estimate of drug-likeness (QED) is 0.730. The van der Waals surface area contributed by atoms with Crippen molar-refractivity contribution in [1.82, 2.24) is 24.9 Å². The zero-order chi connectivity index (χ0) is 18.8. The van der Waals surface area contributed by atoms with Gasteiger partial charge >= 0.3 is 0 Å². The van der Waals surface area contributed by atoms with Gasteiger partial charge in [0, 0.05) is 5.56 Å². The molecule has 0 saturated heterocycles. The van der Waals surface area contributed by atoms with Gasteiger partial charge in [-0.1, -0.05) is 19.1 Å². The highest BCUT2D eigenvalue weighted by molar-refractivity contribution is 5.79. The number of carbonyl (C=O) groups is 1. The molecule has 0 spiro atoms. The van der Waals surface area contributed by atoms with E-state index in [9.17, 15) is 14.0 Å². The van der Waals surface area contributed by atoms with Gasteiger partial charge in [0.05, 0.1) is 18.2 Å². The largest absolute Gasteiger partial charge is 0.349 e. The summed E-state index contributed by atoms with van der Waals surface area (Å²) in [5, 5.41) is 5.71. The third kappa shape index (κ3) is 3.49. The van der Waals surface area contributed by atoms with Crippen molar-refractivity contribution < 1.29 is 9.18 Å². The minimum atomic E-state index is -0.335. The molecule has 0 saturated carbocycles. The Kier molecular flexibility index (Phi) is 4.83. The second kappa shape index (κ2) is 7.07. The normalized spacial score (nSPS) is 12.3. The van der Waals surface area contributed by atoms with Gasteiger partial charge in [0.25, 0.3) is 11.3 Å². The van der Waals surface area contributed by atoms with E-state index in [4.69, 9.17) is 0 Å². The monoisotopic (exact) mass is 357 g/mol. The summed E-state index contributed by atoms with van der Waals surface area (Å²) in [6.45, 7) is 5.34. The van der Waals surface area contributed by atoms with Gasteiger partial charge in [0.15, 0.2) is 0 Å². The fourth-order valence-corrected chi connectivity index (χ4v) is 2.89.